The molecule has 0 atom stereocenters. The van der Waals surface area contributed by atoms with Crippen molar-refractivity contribution >= 4 is 21.7 Å². The molecule has 1 fully saturated rings. The number of aromatic nitrogens is 1. The van der Waals surface area contributed by atoms with E-state index in [9.17, 15) is 0 Å². The van der Waals surface area contributed by atoms with Gasteiger partial charge >= 0.3 is 0 Å². The molecule has 0 unspecified atom stereocenters. The Kier molecular flexibility index (Phi) is 5.29. The lowest BCUT2D eigenvalue weighted by Gasteiger charge is -2.35. The van der Waals surface area contributed by atoms with Crippen molar-refractivity contribution in [3.63, 3.8) is 0 Å². The molecule has 18 heavy (non-hydrogen) atoms. The molecule has 1 saturated carbocycles. The van der Waals surface area contributed by atoms with E-state index in [2.05, 4.69) is 31.9 Å². The van der Waals surface area contributed by atoms with Crippen LogP contribution in [-0.4, -0.2) is 30.0 Å². The standard InChI is InChI=1S/C14H21BrN2O/c1-18-14-9-5-8-13(16-14)17(11-10-15)12-6-3-2-4-7-12/h5,8-9,12H,2-4,6-7,10-11H2,1H3. The highest BCUT2D eigenvalue weighted by atomic mass is 79.9. The second-order valence-corrected chi connectivity index (χ2v) is 5.51. The van der Waals surface area contributed by atoms with Crippen LogP contribution in [0.25, 0.3) is 0 Å². The van der Waals surface area contributed by atoms with E-state index in [1.165, 1.54) is 32.1 Å². The molecule has 0 amide bonds. The molecule has 1 aliphatic rings. The van der Waals surface area contributed by atoms with Crippen molar-refractivity contribution < 1.29 is 4.74 Å². The van der Waals surface area contributed by atoms with Gasteiger partial charge in [0.2, 0.25) is 5.88 Å². The number of pyridine rings is 1. The minimum absolute atomic E-state index is 0.635. The maximum atomic E-state index is 5.22. The number of halogens is 1. The molecule has 4 heteroatoms. The molecule has 3 nitrogen and oxygen atoms in total. The molecule has 0 aliphatic heterocycles. The highest BCUT2D eigenvalue weighted by Gasteiger charge is 2.22. The second-order valence-electron chi connectivity index (χ2n) is 4.71. The fraction of sp³-hybridized carbons (Fsp3) is 0.643. The van der Waals surface area contributed by atoms with Gasteiger partial charge in [-0.25, -0.2) is 0 Å². The van der Waals surface area contributed by atoms with Gasteiger partial charge < -0.3 is 9.64 Å². The Morgan fingerprint density at radius 2 is 2.11 bits per heavy atom. The van der Waals surface area contributed by atoms with Gasteiger partial charge in [0.1, 0.15) is 5.82 Å². The highest BCUT2D eigenvalue weighted by molar-refractivity contribution is 9.09. The van der Waals surface area contributed by atoms with Gasteiger partial charge in [-0.3, -0.25) is 0 Å². The second kappa shape index (κ2) is 6.98. The molecule has 1 aromatic rings. The van der Waals surface area contributed by atoms with Crippen LogP contribution in [0.3, 0.4) is 0 Å². The maximum absolute atomic E-state index is 5.22. The predicted octanol–water partition coefficient (Wildman–Crippen LogP) is 3.62. The fourth-order valence-corrected chi connectivity index (χ4v) is 3.03. The molecule has 0 aromatic carbocycles. The minimum atomic E-state index is 0.635. The zero-order valence-corrected chi connectivity index (χ0v) is 12.5. The Morgan fingerprint density at radius 3 is 2.78 bits per heavy atom. The van der Waals surface area contributed by atoms with Crippen molar-refractivity contribution in [2.24, 2.45) is 0 Å². The van der Waals surface area contributed by atoms with Crippen LogP contribution in [0.1, 0.15) is 32.1 Å². The number of hydrogen-bond acceptors (Lipinski definition) is 3. The van der Waals surface area contributed by atoms with Gasteiger partial charge in [0.25, 0.3) is 0 Å². The van der Waals surface area contributed by atoms with Crippen molar-refractivity contribution in [2.75, 3.05) is 23.9 Å². The summed E-state index contributed by atoms with van der Waals surface area (Å²) in [5.74, 6) is 1.74. The smallest absolute Gasteiger partial charge is 0.214 e. The number of alkyl halides is 1. The van der Waals surface area contributed by atoms with E-state index < -0.39 is 0 Å². The zero-order chi connectivity index (χ0) is 12.8. The lowest BCUT2D eigenvalue weighted by molar-refractivity contribution is 0.393. The highest BCUT2D eigenvalue weighted by Crippen LogP contribution is 2.27. The lowest BCUT2D eigenvalue weighted by Crippen LogP contribution is -2.38. The molecule has 1 aromatic heterocycles. The largest absolute Gasteiger partial charge is 0.481 e. The normalized spacial score (nSPS) is 16.6. The van der Waals surface area contributed by atoms with E-state index in [0.717, 1.165) is 17.7 Å². The minimum Gasteiger partial charge on any atom is -0.481 e. The van der Waals surface area contributed by atoms with E-state index in [1.54, 1.807) is 7.11 Å². The van der Waals surface area contributed by atoms with Crippen molar-refractivity contribution in [1.82, 2.24) is 4.98 Å². The average molecular weight is 313 g/mol. The fourth-order valence-electron chi connectivity index (χ4n) is 2.65. The maximum Gasteiger partial charge on any atom is 0.214 e. The molecule has 0 bridgehead atoms. The molecule has 100 valence electrons. The summed E-state index contributed by atoms with van der Waals surface area (Å²) in [6.45, 7) is 1.00. The van der Waals surface area contributed by atoms with Gasteiger partial charge in [-0.2, -0.15) is 4.98 Å². The quantitative estimate of drug-likeness (QED) is 0.776. The molecule has 0 N–H and O–H groups in total. The first-order valence-corrected chi connectivity index (χ1v) is 7.81. The third kappa shape index (κ3) is 3.37. The van der Waals surface area contributed by atoms with E-state index in [1.807, 2.05) is 12.1 Å². The predicted molar refractivity (Wildman–Crippen MR) is 78.8 cm³/mol. The van der Waals surface area contributed by atoms with Crippen LogP contribution in [0.5, 0.6) is 5.88 Å². The molecule has 0 saturated heterocycles. The number of rotatable bonds is 5. The molecular weight excluding hydrogens is 292 g/mol. The molecule has 2 rings (SSSR count). The first kappa shape index (κ1) is 13.7. The first-order valence-electron chi connectivity index (χ1n) is 6.69. The molecular formula is C14H21BrN2O. The third-order valence-electron chi connectivity index (χ3n) is 3.55. The summed E-state index contributed by atoms with van der Waals surface area (Å²) < 4.78 is 5.22. The van der Waals surface area contributed by atoms with Gasteiger partial charge in [-0.1, -0.05) is 41.3 Å². The Balaban J connectivity index is 2.16. The van der Waals surface area contributed by atoms with E-state index >= 15 is 0 Å². The SMILES string of the molecule is COc1cccc(N(CCBr)C2CCCCC2)n1. The van der Waals surface area contributed by atoms with Gasteiger partial charge in [-0.15, -0.1) is 0 Å². The third-order valence-corrected chi connectivity index (χ3v) is 3.91. The van der Waals surface area contributed by atoms with Crippen LogP contribution in [0.4, 0.5) is 5.82 Å². The van der Waals surface area contributed by atoms with Gasteiger partial charge in [-0.05, 0) is 18.9 Å². The summed E-state index contributed by atoms with van der Waals surface area (Å²) in [6, 6.07) is 6.64. The number of anilines is 1. The molecule has 0 radical (unpaired) electrons. The van der Waals surface area contributed by atoms with Crippen LogP contribution in [0.2, 0.25) is 0 Å². The summed E-state index contributed by atoms with van der Waals surface area (Å²) >= 11 is 3.55. The Morgan fingerprint density at radius 1 is 1.33 bits per heavy atom. The summed E-state index contributed by atoms with van der Waals surface area (Å²) in [5, 5.41) is 0.975. The van der Waals surface area contributed by atoms with Crippen LogP contribution < -0.4 is 9.64 Å². The molecule has 1 heterocycles. The zero-order valence-electron chi connectivity index (χ0n) is 10.9. The van der Waals surface area contributed by atoms with Gasteiger partial charge in [0.15, 0.2) is 0 Å². The summed E-state index contributed by atoms with van der Waals surface area (Å²) in [4.78, 5) is 7.00. The van der Waals surface area contributed by atoms with E-state index in [-0.39, 0.29) is 0 Å². The van der Waals surface area contributed by atoms with E-state index in [0.29, 0.717) is 11.9 Å². The van der Waals surface area contributed by atoms with Gasteiger partial charge in [0.05, 0.1) is 7.11 Å². The first-order chi connectivity index (χ1) is 8.85. The van der Waals surface area contributed by atoms with Crippen molar-refractivity contribution in [1.29, 1.82) is 0 Å². The van der Waals surface area contributed by atoms with Crippen LogP contribution >= 0.6 is 15.9 Å². The lowest BCUT2D eigenvalue weighted by atomic mass is 9.94. The molecule has 1 aliphatic carbocycles. The number of ether oxygens (including phenoxy) is 1. The Labute approximate surface area is 118 Å². The van der Waals surface area contributed by atoms with Crippen LogP contribution in [0.15, 0.2) is 18.2 Å². The number of nitrogens with zero attached hydrogens (tertiary/aromatic N) is 2. The van der Waals surface area contributed by atoms with Crippen molar-refractivity contribution in [3.8, 4) is 5.88 Å². The van der Waals surface area contributed by atoms with Crippen molar-refractivity contribution in [2.45, 2.75) is 38.1 Å². The topological polar surface area (TPSA) is 25.4 Å². The van der Waals surface area contributed by atoms with Crippen LogP contribution in [0, 0.1) is 0 Å². The van der Waals surface area contributed by atoms with Crippen LogP contribution in [-0.2, 0) is 0 Å². The monoisotopic (exact) mass is 312 g/mol. The van der Waals surface area contributed by atoms with Crippen molar-refractivity contribution in [3.05, 3.63) is 18.2 Å². The summed E-state index contributed by atoms with van der Waals surface area (Å²) in [5.41, 5.74) is 0. The Bertz CT molecular complexity index is 367. The average Bonchev–Trinajstić information content (AvgIpc) is 2.46. The number of methoxy groups -OCH3 is 1. The van der Waals surface area contributed by atoms with E-state index in [4.69, 9.17) is 4.74 Å². The molecule has 0 spiro atoms. The summed E-state index contributed by atoms with van der Waals surface area (Å²) in [7, 11) is 1.67. The Hall–Kier alpha value is -0.770. The van der Waals surface area contributed by atoms with Gasteiger partial charge in [0, 0.05) is 24.0 Å². The number of hydrogen-bond donors (Lipinski definition) is 0. The summed E-state index contributed by atoms with van der Waals surface area (Å²) in [6.07, 6.45) is 6.63.